The maximum atomic E-state index is 10.8. The molecule has 15 heavy (non-hydrogen) atoms. The number of carbonyl (C=O) groups is 3. The Hall–Kier alpha value is -1.83. The van der Waals surface area contributed by atoms with Crippen molar-refractivity contribution >= 4 is 17.9 Å². The molecule has 0 aliphatic carbocycles. The van der Waals surface area contributed by atoms with Gasteiger partial charge in [0.2, 0.25) is 5.91 Å². The minimum Gasteiger partial charge on any atom is -0.480 e. The van der Waals surface area contributed by atoms with E-state index in [0.29, 0.717) is 0 Å². The summed E-state index contributed by atoms with van der Waals surface area (Å²) in [5.41, 5.74) is 4.79. The molecule has 0 fully saturated rings. The van der Waals surface area contributed by atoms with E-state index in [1.165, 1.54) is 0 Å². The summed E-state index contributed by atoms with van der Waals surface area (Å²) in [5, 5.41) is 12.6. The average Bonchev–Trinajstić information content (AvgIpc) is 2.13. The molecule has 0 unspecified atom stereocenters. The lowest BCUT2D eigenvalue weighted by Gasteiger charge is -2.05. The van der Waals surface area contributed by atoms with Crippen LogP contribution in [-0.2, 0) is 14.3 Å². The summed E-state index contributed by atoms with van der Waals surface area (Å²) >= 11 is 0. The molecule has 86 valence electrons. The Morgan fingerprint density at radius 3 is 2.47 bits per heavy atom. The van der Waals surface area contributed by atoms with Crippen molar-refractivity contribution in [2.75, 3.05) is 26.3 Å². The third-order valence-corrected chi connectivity index (χ3v) is 1.18. The van der Waals surface area contributed by atoms with Crippen molar-refractivity contribution in [2.24, 2.45) is 5.73 Å². The zero-order valence-corrected chi connectivity index (χ0v) is 7.99. The van der Waals surface area contributed by atoms with Crippen LogP contribution in [-0.4, -0.2) is 49.3 Å². The van der Waals surface area contributed by atoms with Crippen molar-refractivity contribution in [1.29, 1.82) is 0 Å². The van der Waals surface area contributed by atoms with Crippen LogP contribution in [0.5, 0.6) is 0 Å². The first-order chi connectivity index (χ1) is 7.02. The number of carboxylic acid groups (broad SMARTS) is 1. The normalized spacial score (nSPS) is 9.33. The van der Waals surface area contributed by atoms with E-state index < -0.39 is 24.5 Å². The van der Waals surface area contributed by atoms with Gasteiger partial charge < -0.3 is 26.2 Å². The second kappa shape index (κ2) is 7.56. The van der Waals surface area contributed by atoms with Crippen LogP contribution in [0.2, 0.25) is 0 Å². The quantitative estimate of drug-likeness (QED) is 0.363. The summed E-state index contributed by atoms with van der Waals surface area (Å²) in [4.78, 5) is 31.1. The zero-order valence-electron chi connectivity index (χ0n) is 7.99. The number of rotatable bonds is 7. The summed E-state index contributed by atoms with van der Waals surface area (Å²) in [6.45, 7) is -0.367. The van der Waals surface area contributed by atoms with E-state index in [1.807, 2.05) is 0 Å². The average molecular weight is 219 g/mol. The fourth-order valence-electron chi connectivity index (χ4n) is 0.628. The van der Waals surface area contributed by atoms with Gasteiger partial charge in [-0.05, 0) is 0 Å². The van der Waals surface area contributed by atoms with Crippen LogP contribution in [0, 0.1) is 0 Å². The van der Waals surface area contributed by atoms with Gasteiger partial charge in [-0.2, -0.15) is 0 Å². The monoisotopic (exact) mass is 219 g/mol. The number of urea groups is 1. The largest absolute Gasteiger partial charge is 0.480 e. The van der Waals surface area contributed by atoms with Gasteiger partial charge >= 0.3 is 12.0 Å². The Labute approximate surface area is 85.8 Å². The molecule has 0 bridgehead atoms. The number of amides is 3. The molecule has 3 amide bonds. The van der Waals surface area contributed by atoms with Gasteiger partial charge in [-0.3, -0.25) is 9.59 Å². The third-order valence-electron chi connectivity index (χ3n) is 1.18. The molecule has 8 heteroatoms. The lowest BCUT2D eigenvalue weighted by Crippen LogP contribution is -2.40. The van der Waals surface area contributed by atoms with E-state index in [9.17, 15) is 14.4 Å². The van der Waals surface area contributed by atoms with Crippen molar-refractivity contribution in [1.82, 2.24) is 10.6 Å². The van der Waals surface area contributed by atoms with Gasteiger partial charge in [-0.1, -0.05) is 0 Å². The highest BCUT2D eigenvalue weighted by Gasteiger charge is 2.01. The van der Waals surface area contributed by atoms with Crippen LogP contribution in [0.3, 0.4) is 0 Å². The number of carbonyl (C=O) groups excluding carboxylic acids is 2. The Balaban J connectivity index is 3.31. The van der Waals surface area contributed by atoms with E-state index >= 15 is 0 Å². The number of ether oxygens (including phenoxy) is 1. The standard InChI is InChI=1S/C7H13N3O5/c8-5(11)4-15-2-1-9-7(14)10-3-6(12)13/h1-4H2,(H2,8,11)(H,12,13)(H2,9,10,14). The van der Waals surface area contributed by atoms with Crippen LogP contribution < -0.4 is 16.4 Å². The number of aliphatic carboxylic acids is 1. The fourth-order valence-corrected chi connectivity index (χ4v) is 0.628. The van der Waals surface area contributed by atoms with Gasteiger partial charge in [0.05, 0.1) is 6.61 Å². The number of carboxylic acids is 1. The molecule has 0 spiro atoms. The number of nitrogens with two attached hydrogens (primary N) is 1. The number of nitrogens with one attached hydrogen (secondary N) is 2. The van der Waals surface area contributed by atoms with E-state index in [4.69, 9.17) is 15.6 Å². The predicted molar refractivity (Wildman–Crippen MR) is 49.1 cm³/mol. The Morgan fingerprint density at radius 1 is 1.27 bits per heavy atom. The maximum absolute atomic E-state index is 10.8. The molecule has 0 heterocycles. The summed E-state index contributed by atoms with van der Waals surface area (Å²) in [7, 11) is 0. The molecule has 0 radical (unpaired) electrons. The molecule has 0 aromatic rings. The summed E-state index contributed by atoms with van der Waals surface area (Å²) in [6.07, 6.45) is 0. The van der Waals surface area contributed by atoms with Crippen LogP contribution in [0.25, 0.3) is 0 Å². The number of hydrogen-bond acceptors (Lipinski definition) is 4. The first-order valence-corrected chi connectivity index (χ1v) is 4.12. The van der Waals surface area contributed by atoms with Crippen LogP contribution >= 0.6 is 0 Å². The summed E-state index contributed by atoms with van der Waals surface area (Å²) < 4.78 is 4.74. The van der Waals surface area contributed by atoms with E-state index in [-0.39, 0.29) is 19.8 Å². The topological polar surface area (TPSA) is 131 Å². The van der Waals surface area contributed by atoms with E-state index in [1.54, 1.807) is 0 Å². The fraction of sp³-hybridized carbons (Fsp3) is 0.571. The minimum absolute atomic E-state index is 0.128. The highest BCUT2D eigenvalue weighted by atomic mass is 16.5. The zero-order chi connectivity index (χ0) is 11.7. The van der Waals surface area contributed by atoms with Crippen LogP contribution in [0.15, 0.2) is 0 Å². The molecule has 0 atom stereocenters. The molecule has 5 N–H and O–H groups in total. The molecular formula is C7H13N3O5. The van der Waals surface area contributed by atoms with Crippen LogP contribution in [0.1, 0.15) is 0 Å². The van der Waals surface area contributed by atoms with Crippen molar-refractivity contribution in [3.05, 3.63) is 0 Å². The van der Waals surface area contributed by atoms with E-state index in [2.05, 4.69) is 10.6 Å². The predicted octanol–water partition coefficient (Wildman–Crippen LogP) is -2.13. The molecule has 0 saturated carbocycles. The number of hydrogen-bond donors (Lipinski definition) is 4. The lowest BCUT2D eigenvalue weighted by atomic mass is 10.6. The molecule has 0 aromatic carbocycles. The first-order valence-electron chi connectivity index (χ1n) is 4.12. The highest BCUT2D eigenvalue weighted by molar-refractivity contribution is 5.79. The van der Waals surface area contributed by atoms with Gasteiger partial charge in [0, 0.05) is 6.54 Å². The first kappa shape index (κ1) is 13.2. The molecule has 0 aromatic heterocycles. The van der Waals surface area contributed by atoms with Crippen molar-refractivity contribution in [3.8, 4) is 0 Å². The lowest BCUT2D eigenvalue weighted by molar-refractivity contribution is -0.135. The van der Waals surface area contributed by atoms with Gasteiger partial charge in [-0.25, -0.2) is 4.79 Å². The Kier molecular flexibility index (Phi) is 6.64. The molecule has 0 aliphatic rings. The van der Waals surface area contributed by atoms with Crippen LogP contribution in [0.4, 0.5) is 4.79 Å². The Morgan fingerprint density at radius 2 is 1.93 bits per heavy atom. The second-order valence-corrected chi connectivity index (χ2v) is 2.52. The SMILES string of the molecule is NC(=O)COCCNC(=O)NCC(=O)O. The summed E-state index contributed by atoms with van der Waals surface area (Å²) in [6, 6.07) is -0.611. The molecule has 8 nitrogen and oxygen atoms in total. The second-order valence-electron chi connectivity index (χ2n) is 2.52. The third kappa shape index (κ3) is 10.1. The minimum atomic E-state index is -1.13. The highest BCUT2D eigenvalue weighted by Crippen LogP contribution is 1.72. The summed E-state index contributed by atoms with van der Waals surface area (Å²) in [5.74, 6) is -1.72. The smallest absolute Gasteiger partial charge is 0.323 e. The molecule has 0 aliphatic heterocycles. The molecule has 0 rings (SSSR count). The van der Waals surface area contributed by atoms with Crippen molar-refractivity contribution < 1.29 is 24.2 Å². The van der Waals surface area contributed by atoms with Gasteiger partial charge in [0.15, 0.2) is 0 Å². The van der Waals surface area contributed by atoms with Gasteiger partial charge in [0.25, 0.3) is 0 Å². The van der Waals surface area contributed by atoms with E-state index in [0.717, 1.165) is 0 Å². The van der Waals surface area contributed by atoms with Gasteiger partial charge in [-0.15, -0.1) is 0 Å². The molecular weight excluding hydrogens is 206 g/mol. The number of primary amides is 1. The Bertz CT molecular complexity index is 243. The molecule has 0 saturated heterocycles. The van der Waals surface area contributed by atoms with Crippen molar-refractivity contribution in [2.45, 2.75) is 0 Å². The maximum Gasteiger partial charge on any atom is 0.323 e. The van der Waals surface area contributed by atoms with Crippen molar-refractivity contribution in [3.63, 3.8) is 0 Å². The van der Waals surface area contributed by atoms with Gasteiger partial charge in [0.1, 0.15) is 13.2 Å².